The highest BCUT2D eigenvalue weighted by Gasteiger charge is 2.54. The van der Waals surface area contributed by atoms with Gasteiger partial charge in [-0.1, -0.05) is 37.3 Å². The number of aryl methyl sites for hydroxylation is 1. The highest BCUT2D eigenvalue weighted by Crippen LogP contribution is 2.54. The normalized spacial score (nSPS) is 22.1. The summed E-state index contributed by atoms with van der Waals surface area (Å²) in [7, 11) is 0. The van der Waals surface area contributed by atoms with Crippen LogP contribution >= 0.6 is 0 Å². The van der Waals surface area contributed by atoms with Gasteiger partial charge in [-0.25, -0.2) is 4.79 Å². The number of benzene rings is 1. The molecule has 30 heavy (non-hydrogen) atoms. The molecule has 0 saturated heterocycles. The Hall–Kier alpha value is -3.76. The molecule has 2 N–H and O–H groups in total. The highest BCUT2D eigenvalue weighted by atomic mass is 16.6. The minimum atomic E-state index is -1.71. The number of allylic oxidation sites excluding steroid dienone is 2. The fraction of sp³-hybridized carbons (Fsp3) is 0.391. The molecule has 2 atom stereocenters. The van der Waals surface area contributed by atoms with E-state index in [9.17, 15) is 20.6 Å². The third-order valence-electron chi connectivity index (χ3n) is 5.94. The number of fused-ring (bicyclic) bond motifs is 1. The number of nitrogens with two attached hydrogens (primary N) is 1. The quantitative estimate of drug-likeness (QED) is 0.829. The molecule has 0 radical (unpaired) electrons. The highest BCUT2D eigenvalue weighted by molar-refractivity contribution is 5.69. The molecule has 2 aliphatic rings. The number of hydrogen-bond donors (Lipinski definition) is 1. The Morgan fingerprint density at radius 3 is 2.43 bits per heavy atom. The largest absolute Gasteiger partial charge is 0.450 e. The molecule has 1 heterocycles. The van der Waals surface area contributed by atoms with E-state index < -0.39 is 23.3 Å². The molecule has 1 aromatic rings. The summed E-state index contributed by atoms with van der Waals surface area (Å²) >= 11 is 0. The number of hydrogen-bond acceptors (Lipinski definition) is 6. The first-order chi connectivity index (χ1) is 14.5. The van der Waals surface area contributed by atoms with Gasteiger partial charge in [0.2, 0.25) is 0 Å². The predicted molar refractivity (Wildman–Crippen MR) is 109 cm³/mol. The third kappa shape index (κ3) is 3.17. The van der Waals surface area contributed by atoms with Crippen LogP contribution in [0.1, 0.15) is 30.9 Å². The maximum Gasteiger partial charge on any atom is 0.410 e. The molecule has 0 aromatic heterocycles. The molecular formula is C23H23N5O2. The van der Waals surface area contributed by atoms with Gasteiger partial charge >= 0.3 is 6.09 Å². The number of carbonyl (C=O) groups is 1. The first-order valence-corrected chi connectivity index (χ1v) is 9.91. The average molecular weight is 401 g/mol. The van der Waals surface area contributed by atoms with Gasteiger partial charge in [-0.3, -0.25) is 0 Å². The van der Waals surface area contributed by atoms with Crippen molar-refractivity contribution in [1.82, 2.24) is 4.90 Å². The topological polar surface area (TPSA) is 127 Å². The second-order valence-electron chi connectivity index (χ2n) is 7.37. The summed E-state index contributed by atoms with van der Waals surface area (Å²) in [4.78, 5) is 13.9. The van der Waals surface area contributed by atoms with E-state index in [2.05, 4.69) is 18.2 Å². The van der Waals surface area contributed by atoms with Gasteiger partial charge in [-0.05, 0) is 30.0 Å². The van der Waals surface area contributed by atoms with Gasteiger partial charge in [0.05, 0.1) is 30.0 Å². The zero-order chi connectivity index (χ0) is 21.9. The van der Waals surface area contributed by atoms with Crippen molar-refractivity contribution in [2.24, 2.45) is 17.1 Å². The van der Waals surface area contributed by atoms with Crippen LogP contribution in [-0.2, 0) is 11.2 Å². The van der Waals surface area contributed by atoms with Crippen LogP contribution in [0, 0.1) is 45.3 Å². The third-order valence-corrected chi connectivity index (χ3v) is 5.94. The van der Waals surface area contributed by atoms with E-state index >= 15 is 0 Å². The van der Waals surface area contributed by atoms with Crippen LogP contribution < -0.4 is 5.73 Å². The number of amides is 1. The van der Waals surface area contributed by atoms with Crippen molar-refractivity contribution >= 4 is 6.09 Å². The zero-order valence-corrected chi connectivity index (χ0v) is 17.1. The van der Waals surface area contributed by atoms with Crippen LogP contribution in [0.2, 0.25) is 0 Å². The minimum absolute atomic E-state index is 0.0216. The first kappa shape index (κ1) is 21.0. The Bertz CT molecular complexity index is 1020. The van der Waals surface area contributed by atoms with E-state index in [4.69, 9.17) is 10.5 Å². The van der Waals surface area contributed by atoms with Crippen LogP contribution in [0.15, 0.2) is 47.2 Å². The van der Waals surface area contributed by atoms with Crippen molar-refractivity contribution < 1.29 is 9.53 Å². The van der Waals surface area contributed by atoms with E-state index in [1.165, 1.54) is 4.90 Å². The average Bonchev–Trinajstić information content (AvgIpc) is 2.78. The Kier molecular flexibility index (Phi) is 5.81. The van der Waals surface area contributed by atoms with Gasteiger partial charge in [0, 0.05) is 24.9 Å². The molecule has 1 aliphatic heterocycles. The van der Waals surface area contributed by atoms with Crippen molar-refractivity contribution in [2.45, 2.75) is 26.2 Å². The van der Waals surface area contributed by atoms with Crippen molar-refractivity contribution in [3.63, 3.8) is 0 Å². The molecule has 1 aliphatic carbocycles. The summed E-state index contributed by atoms with van der Waals surface area (Å²) in [6.45, 7) is 4.53. The Morgan fingerprint density at radius 1 is 1.23 bits per heavy atom. The predicted octanol–water partition coefficient (Wildman–Crippen LogP) is 3.13. The molecular weight excluding hydrogens is 378 g/mol. The molecule has 1 amide bonds. The fourth-order valence-electron chi connectivity index (χ4n) is 4.38. The molecule has 152 valence electrons. The van der Waals surface area contributed by atoms with E-state index in [1.807, 2.05) is 31.2 Å². The van der Waals surface area contributed by atoms with Gasteiger partial charge in [-0.15, -0.1) is 0 Å². The monoisotopic (exact) mass is 401 g/mol. The van der Waals surface area contributed by atoms with Crippen molar-refractivity contribution in [3.8, 4) is 18.2 Å². The minimum Gasteiger partial charge on any atom is -0.450 e. The standard InChI is InChI=1S/C23H23N5O2/c1-3-15-5-7-16(8-6-15)20-19-12-28(22(29)30-4-2)10-9-17(19)18(11-24)21(27)23(20,13-25)14-26/h5-9,19-20H,3-4,10,12,27H2,1-2H3/t19-,20-/m1/s1. The van der Waals surface area contributed by atoms with Crippen molar-refractivity contribution in [2.75, 3.05) is 19.7 Å². The SMILES string of the molecule is CCOC(=O)N1CC=C2C(C#N)=C(N)C(C#N)(C#N)[C@H](c3ccc(CC)cc3)[C@@H]2C1. The summed E-state index contributed by atoms with van der Waals surface area (Å²) in [5.74, 6) is -1.06. The molecule has 1 aromatic carbocycles. The molecule has 0 bridgehead atoms. The molecule has 0 unspecified atom stereocenters. The number of rotatable bonds is 3. The van der Waals surface area contributed by atoms with Crippen LogP contribution in [-0.4, -0.2) is 30.7 Å². The Labute approximate surface area is 176 Å². The smallest absolute Gasteiger partial charge is 0.410 e. The van der Waals surface area contributed by atoms with E-state index in [-0.39, 0.29) is 31.0 Å². The fourth-order valence-corrected chi connectivity index (χ4v) is 4.38. The van der Waals surface area contributed by atoms with Gasteiger partial charge in [-0.2, -0.15) is 15.8 Å². The number of carbonyl (C=O) groups excluding carboxylic acids is 1. The van der Waals surface area contributed by atoms with Crippen LogP contribution in [0.25, 0.3) is 0 Å². The summed E-state index contributed by atoms with van der Waals surface area (Å²) in [6, 6.07) is 14.0. The Morgan fingerprint density at radius 2 is 1.90 bits per heavy atom. The molecule has 0 spiro atoms. The lowest BCUT2D eigenvalue weighted by molar-refractivity contribution is 0.0999. The maximum absolute atomic E-state index is 12.4. The summed E-state index contributed by atoms with van der Waals surface area (Å²) in [6.07, 6.45) is 2.18. The van der Waals surface area contributed by atoms with E-state index in [1.54, 1.807) is 13.0 Å². The zero-order valence-electron chi connectivity index (χ0n) is 17.1. The Balaban J connectivity index is 2.21. The van der Waals surface area contributed by atoms with Gasteiger partial charge in [0.1, 0.15) is 6.07 Å². The maximum atomic E-state index is 12.4. The van der Waals surface area contributed by atoms with Gasteiger partial charge < -0.3 is 15.4 Å². The van der Waals surface area contributed by atoms with Crippen LogP contribution in [0.4, 0.5) is 4.79 Å². The van der Waals surface area contributed by atoms with E-state index in [0.29, 0.717) is 5.57 Å². The molecule has 0 saturated carbocycles. The lowest BCUT2D eigenvalue weighted by Gasteiger charge is -2.45. The number of nitrogens with zero attached hydrogens (tertiary/aromatic N) is 4. The lowest BCUT2D eigenvalue weighted by atomic mass is 9.58. The van der Waals surface area contributed by atoms with Crippen molar-refractivity contribution in [3.05, 3.63) is 58.3 Å². The summed E-state index contributed by atoms with van der Waals surface area (Å²) < 4.78 is 5.14. The second-order valence-corrected chi connectivity index (χ2v) is 7.37. The molecule has 0 fully saturated rings. The first-order valence-electron chi connectivity index (χ1n) is 9.91. The summed E-state index contributed by atoms with van der Waals surface area (Å²) in [5.41, 5.74) is 7.30. The molecule has 7 nitrogen and oxygen atoms in total. The van der Waals surface area contributed by atoms with Gasteiger partial charge in [0.15, 0.2) is 5.41 Å². The van der Waals surface area contributed by atoms with Gasteiger partial charge in [0.25, 0.3) is 0 Å². The van der Waals surface area contributed by atoms with Crippen LogP contribution in [0.5, 0.6) is 0 Å². The lowest BCUT2D eigenvalue weighted by Crippen LogP contribution is -2.49. The van der Waals surface area contributed by atoms with E-state index in [0.717, 1.165) is 17.5 Å². The van der Waals surface area contributed by atoms with Crippen molar-refractivity contribution in [1.29, 1.82) is 15.8 Å². The van der Waals surface area contributed by atoms with Crippen LogP contribution in [0.3, 0.4) is 0 Å². The summed E-state index contributed by atoms with van der Waals surface area (Å²) in [5, 5.41) is 29.9. The number of nitriles is 3. The second kappa shape index (κ2) is 8.31. The number of ether oxygens (including phenoxy) is 1. The molecule has 3 rings (SSSR count). The molecule has 7 heteroatoms.